The second-order valence-electron chi connectivity index (χ2n) is 6.91. The Morgan fingerprint density at radius 1 is 1.36 bits per heavy atom. The van der Waals surface area contributed by atoms with Crippen molar-refractivity contribution in [1.29, 1.82) is 0 Å². The van der Waals surface area contributed by atoms with Crippen LogP contribution in [0.15, 0.2) is 5.38 Å². The molecule has 0 aromatic carbocycles. The van der Waals surface area contributed by atoms with E-state index >= 15 is 0 Å². The Balaban J connectivity index is 1.44. The number of fused-ring (bicyclic) bond motifs is 1. The lowest BCUT2D eigenvalue weighted by Crippen LogP contribution is -2.33. The molecule has 1 unspecified atom stereocenters. The summed E-state index contributed by atoms with van der Waals surface area (Å²) >= 11 is 1.78. The third-order valence-electron chi connectivity index (χ3n) is 5.03. The van der Waals surface area contributed by atoms with Gasteiger partial charge in [-0.3, -0.25) is 4.79 Å². The van der Waals surface area contributed by atoms with Gasteiger partial charge in [0.2, 0.25) is 0 Å². The van der Waals surface area contributed by atoms with Crippen LogP contribution in [0, 0.1) is 5.92 Å². The Bertz CT molecular complexity index is 505. The number of likely N-dealkylation sites (tertiary alicyclic amines) is 1. The highest BCUT2D eigenvalue weighted by molar-refractivity contribution is 7.10. The maximum Gasteiger partial charge on any atom is 0.252 e. The first-order chi connectivity index (χ1) is 10.7. The molecule has 1 fully saturated rings. The summed E-state index contributed by atoms with van der Waals surface area (Å²) in [5.74, 6) is 0.914. The summed E-state index contributed by atoms with van der Waals surface area (Å²) in [7, 11) is 0. The van der Waals surface area contributed by atoms with Crippen molar-refractivity contribution < 1.29 is 4.79 Å². The van der Waals surface area contributed by atoms with E-state index < -0.39 is 0 Å². The first kappa shape index (κ1) is 16.0. The van der Waals surface area contributed by atoms with Gasteiger partial charge in [-0.2, -0.15) is 0 Å². The number of hydrogen-bond acceptors (Lipinski definition) is 3. The Morgan fingerprint density at radius 2 is 2.18 bits per heavy atom. The summed E-state index contributed by atoms with van der Waals surface area (Å²) in [5.41, 5.74) is 2.28. The van der Waals surface area contributed by atoms with E-state index in [-0.39, 0.29) is 5.91 Å². The van der Waals surface area contributed by atoms with Crippen molar-refractivity contribution in [2.45, 2.75) is 51.9 Å². The Kier molecular flexibility index (Phi) is 5.53. The number of carbonyl (C=O) groups excluding carboxylic acids is 1. The van der Waals surface area contributed by atoms with E-state index in [1.54, 1.807) is 11.3 Å². The minimum atomic E-state index is 0.144. The van der Waals surface area contributed by atoms with Crippen LogP contribution in [0.5, 0.6) is 0 Å². The van der Waals surface area contributed by atoms with Gasteiger partial charge in [0.1, 0.15) is 0 Å². The largest absolute Gasteiger partial charge is 0.352 e. The molecule has 1 aromatic rings. The second kappa shape index (κ2) is 7.60. The van der Waals surface area contributed by atoms with Gasteiger partial charge in [-0.05, 0) is 69.6 Å². The van der Waals surface area contributed by atoms with E-state index in [4.69, 9.17) is 0 Å². The standard InChI is InChI=1S/C18H28N2OS/c1-14-6-7-15-16(13-22-17(15)12-14)18(21)19-8-5-11-20-9-3-2-4-10-20/h13-14H,2-12H2,1H3,(H,19,21). The Labute approximate surface area is 138 Å². The molecule has 1 saturated heterocycles. The lowest BCUT2D eigenvalue weighted by Gasteiger charge is -2.26. The molecular formula is C18H28N2OS. The molecule has 1 N–H and O–H groups in total. The van der Waals surface area contributed by atoms with Crippen LogP contribution in [-0.2, 0) is 12.8 Å². The van der Waals surface area contributed by atoms with Crippen molar-refractivity contribution in [2.24, 2.45) is 5.92 Å². The van der Waals surface area contributed by atoms with Crippen LogP contribution in [0.25, 0.3) is 0 Å². The van der Waals surface area contributed by atoms with Gasteiger partial charge in [0.25, 0.3) is 5.91 Å². The monoisotopic (exact) mass is 320 g/mol. The molecule has 2 aliphatic rings. The summed E-state index contributed by atoms with van der Waals surface area (Å²) in [4.78, 5) is 16.4. The molecule has 1 aliphatic heterocycles. The highest BCUT2D eigenvalue weighted by atomic mass is 32.1. The van der Waals surface area contributed by atoms with Crippen LogP contribution in [0.1, 0.15) is 59.8 Å². The van der Waals surface area contributed by atoms with Crippen molar-refractivity contribution >= 4 is 17.2 Å². The highest BCUT2D eigenvalue weighted by Gasteiger charge is 2.22. The average Bonchev–Trinajstić information content (AvgIpc) is 2.95. The molecule has 1 aliphatic carbocycles. The molecule has 0 radical (unpaired) electrons. The lowest BCUT2D eigenvalue weighted by molar-refractivity contribution is 0.0950. The molecule has 3 nitrogen and oxygen atoms in total. The first-order valence-electron chi connectivity index (χ1n) is 8.84. The van der Waals surface area contributed by atoms with E-state index in [9.17, 15) is 4.79 Å². The van der Waals surface area contributed by atoms with Crippen LogP contribution < -0.4 is 5.32 Å². The quantitative estimate of drug-likeness (QED) is 0.843. The van der Waals surface area contributed by atoms with Gasteiger partial charge < -0.3 is 10.2 Å². The maximum atomic E-state index is 12.4. The fourth-order valence-corrected chi connectivity index (χ4v) is 4.90. The molecule has 1 aromatic heterocycles. The molecule has 0 bridgehead atoms. The average molecular weight is 321 g/mol. The molecule has 4 heteroatoms. The number of carbonyl (C=O) groups is 1. The van der Waals surface area contributed by atoms with Gasteiger partial charge in [-0.15, -0.1) is 11.3 Å². The van der Waals surface area contributed by atoms with Gasteiger partial charge in [-0.1, -0.05) is 13.3 Å². The van der Waals surface area contributed by atoms with Gasteiger partial charge >= 0.3 is 0 Å². The van der Waals surface area contributed by atoms with Crippen molar-refractivity contribution in [1.82, 2.24) is 10.2 Å². The molecule has 1 amide bonds. The summed E-state index contributed by atoms with van der Waals surface area (Å²) < 4.78 is 0. The molecule has 0 saturated carbocycles. The van der Waals surface area contributed by atoms with Crippen LogP contribution in [0.2, 0.25) is 0 Å². The van der Waals surface area contributed by atoms with E-state index in [1.807, 2.05) is 0 Å². The number of hydrogen-bond donors (Lipinski definition) is 1. The third kappa shape index (κ3) is 3.90. The fourth-order valence-electron chi connectivity index (χ4n) is 3.65. The van der Waals surface area contributed by atoms with Crippen molar-refractivity contribution in [3.8, 4) is 0 Å². The zero-order valence-electron chi connectivity index (χ0n) is 13.7. The smallest absolute Gasteiger partial charge is 0.252 e. The van der Waals surface area contributed by atoms with E-state index in [0.29, 0.717) is 0 Å². The summed E-state index contributed by atoms with van der Waals surface area (Å²) in [5, 5.41) is 5.20. The number of amides is 1. The summed E-state index contributed by atoms with van der Waals surface area (Å²) in [6, 6.07) is 0. The fraction of sp³-hybridized carbons (Fsp3) is 0.722. The van der Waals surface area contributed by atoms with Gasteiger partial charge in [0.15, 0.2) is 0 Å². The zero-order valence-corrected chi connectivity index (χ0v) is 14.5. The normalized spacial score (nSPS) is 22.3. The summed E-state index contributed by atoms with van der Waals surface area (Å²) in [6.07, 6.45) is 8.58. The second-order valence-corrected chi connectivity index (χ2v) is 7.88. The van der Waals surface area contributed by atoms with E-state index in [0.717, 1.165) is 43.8 Å². The Morgan fingerprint density at radius 3 is 3.00 bits per heavy atom. The third-order valence-corrected chi connectivity index (χ3v) is 6.08. The van der Waals surface area contributed by atoms with Gasteiger partial charge in [-0.25, -0.2) is 0 Å². The van der Waals surface area contributed by atoms with Crippen LogP contribution in [0.3, 0.4) is 0 Å². The molecule has 122 valence electrons. The van der Waals surface area contributed by atoms with Crippen molar-refractivity contribution in [3.63, 3.8) is 0 Å². The van der Waals surface area contributed by atoms with E-state index in [2.05, 4.69) is 22.5 Å². The van der Waals surface area contributed by atoms with Gasteiger partial charge in [0.05, 0.1) is 5.56 Å². The number of nitrogens with one attached hydrogen (secondary N) is 1. The molecule has 2 heterocycles. The van der Waals surface area contributed by atoms with Crippen LogP contribution in [0.4, 0.5) is 0 Å². The van der Waals surface area contributed by atoms with E-state index in [1.165, 1.54) is 49.2 Å². The van der Waals surface area contributed by atoms with Crippen LogP contribution in [-0.4, -0.2) is 37.0 Å². The number of rotatable bonds is 5. The number of piperidine rings is 1. The number of thiophene rings is 1. The molecule has 1 atom stereocenters. The molecule has 0 spiro atoms. The minimum Gasteiger partial charge on any atom is -0.352 e. The van der Waals surface area contributed by atoms with Gasteiger partial charge in [0, 0.05) is 16.8 Å². The lowest BCUT2D eigenvalue weighted by atomic mass is 9.88. The molecular weight excluding hydrogens is 292 g/mol. The number of nitrogens with zero attached hydrogens (tertiary/aromatic N) is 1. The predicted octanol–water partition coefficient (Wildman–Crippen LogP) is 3.48. The predicted molar refractivity (Wildman–Crippen MR) is 92.7 cm³/mol. The van der Waals surface area contributed by atoms with Crippen molar-refractivity contribution in [3.05, 3.63) is 21.4 Å². The highest BCUT2D eigenvalue weighted by Crippen LogP contribution is 2.32. The minimum absolute atomic E-state index is 0.144. The van der Waals surface area contributed by atoms with Crippen LogP contribution >= 0.6 is 11.3 Å². The SMILES string of the molecule is CC1CCc2c(C(=O)NCCCN3CCCCC3)csc2C1. The maximum absolute atomic E-state index is 12.4. The Hall–Kier alpha value is -0.870. The topological polar surface area (TPSA) is 32.3 Å². The first-order valence-corrected chi connectivity index (χ1v) is 9.72. The molecule has 22 heavy (non-hydrogen) atoms. The zero-order chi connectivity index (χ0) is 15.4. The molecule has 3 rings (SSSR count). The summed E-state index contributed by atoms with van der Waals surface area (Å²) in [6.45, 7) is 6.72. The van der Waals surface area contributed by atoms with Crippen molar-refractivity contribution in [2.75, 3.05) is 26.2 Å².